The third-order valence-corrected chi connectivity index (χ3v) is 7.07. The van der Waals surface area contributed by atoms with Crippen molar-refractivity contribution in [1.29, 1.82) is 0 Å². The number of esters is 1. The van der Waals surface area contributed by atoms with Crippen LogP contribution in [0.2, 0.25) is 0 Å². The van der Waals surface area contributed by atoms with Gasteiger partial charge < -0.3 is 4.74 Å². The van der Waals surface area contributed by atoms with Crippen molar-refractivity contribution in [2.24, 2.45) is 0 Å². The van der Waals surface area contributed by atoms with Crippen LogP contribution < -0.4 is 9.04 Å². The fraction of sp³-hybridized carbons (Fsp3) is 0.179. The van der Waals surface area contributed by atoms with Crippen molar-refractivity contribution in [3.63, 3.8) is 0 Å². The second-order valence-electron chi connectivity index (χ2n) is 7.97. The molecule has 3 rings (SSSR count). The highest BCUT2D eigenvalue weighted by Crippen LogP contribution is 2.26. The average molecular weight is 506 g/mol. The number of aryl methyl sites for hydroxylation is 1. The van der Waals surface area contributed by atoms with Gasteiger partial charge in [0.25, 0.3) is 10.0 Å². The first-order valence-corrected chi connectivity index (χ1v) is 12.9. The summed E-state index contributed by atoms with van der Waals surface area (Å²) in [6.45, 7) is 5.14. The number of carbonyl (C=O) groups excluding carboxylic acids is 3. The van der Waals surface area contributed by atoms with Crippen molar-refractivity contribution < 1.29 is 27.5 Å². The number of ether oxygens (including phenoxy) is 1. The number of allylic oxidation sites excluding steroid dienone is 1. The van der Waals surface area contributed by atoms with Gasteiger partial charge in [0.2, 0.25) is 5.91 Å². The summed E-state index contributed by atoms with van der Waals surface area (Å²) in [5, 5.41) is 0. The van der Waals surface area contributed by atoms with Crippen LogP contribution in [0.4, 0.5) is 5.69 Å². The first-order valence-electron chi connectivity index (χ1n) is 11.4. The molecule has 36 heavy (non-hydrogen) atoms. The van der Waals surface area contributed by atoms with Crippen LogP contribution in [0.3, 0.4) is 0 Å². The molecule has 0 aliphatic rings. The Kier molecular flexibility index (Phi) is 8.55. The average Bonchev–Trinajstić information content (AvgIpc) is 2.88. The molecule has 3 aromatic carbocycles. The van der Waals surface area contributed by atoms with E-state index in [1.54, 1.807) is 56.3 Å². The van der Waals surface area contributed by atoms with Gasteiger partial charge in [0.1, 0.15) is 5.75 Å². The normalized spacial score (nSPS) is 11.3. The minimum Gasteiger partial charge on any atom is -0.427 e. The minimum atomic E-state index is -4.12. The summed E-state index contributed by atoms with van der Waals surface area (Å²) in [7, 11) is -4.12. The van der Waals surface area contributed by atoms with Gasteiger partial charge in [0, 0.05) is 18.4 Å². The maximum absolute atomic E-state index is 13.2. The number of benzene rings is 3. The molecule has 3 aromatic rings. The summed E-state index contributed by atoms with van der Waals surface area (Å²) < 4.78 is 32.3. The Hall–Kier alpha value is -4.04. The zero-order valence-electron chi connectivity index (χ0n) is 20.3. The minimum absolute atomic E-state index is 0.00784. The fourth-order valence-corrected chi connectivity index (χ4v) is 4.74. The summed E-state index contributed by atoms with van der Waals surface area (Å²) in [5.41, 5.74) is 2.12. The lowest BCUT2D eigenvalue weighted by molar-refractivity contribution is -0.134. The van der Waals surface area contributed by atoms with Crippen molar-refractivity contribution in [2.45, 2.75) is 38.5 Å². The van der Waals surface area contributed by atoms with E-state index in [-0.39, 0.29) is 35.2 Å². The van der Waals surface area contributed by atoms with E-state index in [9.17, 15) is 22.8 Å². The monoisotopic (exact) mass is 505 g/mol. The number of carbonyl (C=O) groups is 3. The molecule has 0 radical (unpaired) electrons. The molecule has 0 fully saturated rings. The van der Waals surface area contributed by atoms with Gasteiger partial charge in [-0.1, -0.05) is 49.8 Å². The Morgan fingerprint density at radius 1 is 0.833 bits per heavy atom. The van der Waals surface area contributed by atoms with E-state index in [1.165, 1.54) is 42.5 Å². The van der Waals surface area contributed by atoms with E-state index in [4.69, 9.17) is 4.74 Å². The number of anilines is 1. The molecule has 0 aliphatic heterocycles. The zero-order valence-corrected chi connectivity index (χ0v) is 21.1. The van der Waals surface area contributed by atoms with Gasteiger partial charge in [-0.3, -0.25) is 14.4 Å². The van der Waals surface area contributed by atoms with Crippen molar-refractivity contribution in [1.82, 2.24) is 0 Å². The molecule has 8 heteroatoms. The van der Waals surface area contributed by atoms with Crippen molar-refractivity contribution in [3.8, 4) is 5.75 Å². The molecule has 1 amide bonds. The van der Waals surface area contributed by atoms with Crippen LogP contribution >= 0.6 is 0 Å². The van der Waals surface area contributed by atoms with Crippen LogP contribution in [0.15, 0.2) is 83.8 Å². The van der Waals surface area contributed by atoms with Crippen LogP contribution in [0.25, 0.3) is 6.08 Å². The third kappa shape index (κ3) is 6.34. The van der Waals surface area contributed by atoms with Crippen LogP contribution in [-0.4, -0.2) is 26.1 Å². The number of amides is 1. The van der Waals surface area contributed by atoms with Gasteiger partial charge in [0.15, 0.2) is 5.78 Å². The molecule has 0 unspecified atom stereocenters. The van der Waals surface area contributed by atoms with Gasteiger partial charge in [-0.2, -0.15) is 0 Å². The molecule has 0 saturated heterocycles. The molecule has 0 heterocycles. The molecule has 0 N–H and O–H groups in total. The molecule has 0 spiro atoms. The molecular formula is C28H27NO6S. The van der Waals surface area contributed by atoms with E-state index < -0.39 is 15.9 Å². The topological polar surface area (TPSA) is 97.8 Å². The van der Waals surface area contributed by atoms with E-state index >= 15 is 0 Å². The Balaban J connectivity index is 1.79. The Bertz CT molecular complexity index is 1370. The smallest absolute Gasteiger partial charge is 0.310 e. The highest BCUT2D eigenvalue weighted by molar-refractivity contribution is 7.93. The highest BCUT2D eigenvalue weighted by Gasteiger charge is 2.30. The van der Waals surface area contributed by atoms with Crippen LogP contribution in [0.5, 0.6) is 5.75 Å². The fourth-order valence-electron chi connectivity index (χ4n) is 3.26. The largest absolute Gasteiger partial charge is 0.427 e. The molecule has 0 aromatic heterocycles. The lowest BCUT2D eigenvalue weighted by Crippen LogP contribution is -2.36. The number of sulfonamides is 1. The molecule has 186 valence electrons. The van der Waals surface area contributed by atoms with Crippen LogP contribution in [0.1, 0.15) is 48.2 Å². The lowest BCUT2D eigenvalue weighted by Gasteiger charge is -2.22. The summed E-state index contributed by atoms with van der Waals surface area (Å²) in [6, 6.07) is 18.8. The summed E-state index contributed by atoms with van der Waals surface area (Å²) in [6.07, 6.45) is 3.28. The van der Waals surface area contributed by atoms with Gasteiger partial charge in [0.05, 0.1) is 10.6 Å². The number of nitrogens with zero attached hydrogens (tertiary/aromatic N) is 1. The standard InChI is InChI=1S/C28H27NO6S/c1-4-27(31)29(36(33,34)25-17-6-20(3)7-18-25)23-13-11-22(12-14-23)26(30)19-10-21-8-15-24(16-9-21)35-28(32)5-2/h6-19H,4-5H2,1-3H3/b19-10+. The van der Waals surface area contributed by atoms with Crippen molar-refractivity contribution in [2.75, 3.05) is 4.31 Å². The Labute approximate surface area is 211 Å². The van der Waals surface area contributed by atoms with Crippen molar-refractivity contribution >= 4 is 39.4 Å². The molecule has 0 aliphatic carbocycles. The first kappa shape index (κ1) is 26.6. The lowest BCUT2D eigenvalue weighted by atomic mass is 10.1. The van der Waals surface area contributed by atoms with E-state index in [0.717, 1.165) is 15.4 Å². The highest BCUT2D eigenvalue weighted by atomic mass is 32.2. The number of hydrogen-bond acceptors (Lipinski definition) is 6. The van der Waals surface area contributed by atoms with Gasteiger partial charge in [-0.15, -0.1) is 0 Å². The van der Waals surface area contributed by atoms with Crippen LogP contribution in [0, 0.1) is 6.92 Å². The van der Waals surface area contributed by atoms with E-state index in [0.29, 0.717) is 11.3 Å². The van der Waals surface area contributed by atoms with Gasteiger partial charge >= 0.3 is 5.97 Å². The molecule has 0 atom stereocenters. The zero-order chi connectivity index (χ0) is 26.3. The summed E-state index contributed by atoms with van der Waals surface area (Å²) in [5.74, 6) is -0.782. The molecule has 0 saturated carbocycles. The molecule has 7 nitrogen and oxygen atoms in total. The predicted octanol–water partition coefficient (Wildman–Crippen LogP) is 5.34. The number of hydrogen-bond donors (Lipinski definition) is 0. The maximum Gasteiger partial charge on any atom is 0.310 e. The first-order chi connectivity index (χ1) is 17.1. The quantitative estimate of drug-likeness (QED) is 0.169. The maximum atomic E-state index is 13.2. The van der Waals surface area contributed by atoms with Crippen molar-refractivity contribution in [3.05, 3.63) is 95.6 Å². The summed E-state index contributed by atoms with van der Waals surface area (Å²) in [4.78, 5) is 36.6. The Morgan fingerprint density at radius 2 is 1.44 bits per heavy atom. The third-order valence-electron chi connectivity index (χ3n) is 5.30. The summed E-state index contributed by atoms with van der Waals surface area (Å²) >= 11 is 0. The van der Waals surface area contributed by atoms with Crippen LogP contribution in [-0.2, 0) is 19.6 Å². The molecular weight excluding hydrogens is 478 g/mol. The van der Waals surface area contributed by atoms with Gasteiger partial charge in [-0.25, -0.2) is 12.7 Å². The molecule has 0 bridgehead atoms. The van der Waals surface area contributed by atoms with Gasteiger partial charge in [-0.05, 0) is 67.1 Å². The second-order valence-corrected chi connectivity index (χ2v) is 9.76. The van der Waals surface area contributed by atoms with E-state index in [2.05, 4.69) is 0 Å². The Morgan fingerprint density at radius 3 is 2.00 bits per heavy atom. The second kappa shape index (κ2) is 11.6. The number of ketones is 1. The SMILES string of the molecule is CCC(=O)Oc1ccc(/C=C/C(=O)c2ccc(N(C(=O)CC)S(=O)(=O)c3ccc(C)cc3)cc2)cc1. The van der Waals surface area contributed by atoms with E-state index in [1.807, 2.05) is 6.92 Å². The predicted molar refractivity (Wildman–Crippen MR) is 138 cm³/mol. The number of rotatable bonds is 9.